The average molecular weight is 473 g/mol. The van der Waals surface area contributed by atoms with Crippen molar-refractivity contribution < 1.29 is 9.53 Å². The third-order valence-electron chi connectivity index (χ3n) is 5.73. The van der Waals surface area contributed by atoms with Crippen molar-refractivity contribution in [3.05, 3.63) is 45.1 Å². The van der Waals surface area contributed by atoms with Gasteiger partial charge in [-0.3, -0.25) is 14.2 Å². The number of thiophene rings is 1. The topological polar surface area (TPSA) is 76.5 Å². The molecule has 0 bridgehead atoms. The summed E-state index contributed by atoms with van der Waals surface area (Å²) in [6.07, 6.45) is 0. The van der Waals surface area contributed by atoms with E-state index >= 15 is 0 Å². The van der Waals surface area contributed by atoms with Crippen LogP contribution in [0.25, 0.3) is 10.2 Å². The first-order chi connectivity index (χ1) is 15.4. The number of aryl methyl sites for hydroxylation is 2. The maximum absolute atomic E-state index is 13.0. The summed E-state index contributed by atoms with van der Waals surface area (Å²) in [7, 11) is 0. The van der Waals surface area contributed by atoms with E-state index in [0.29, 0.717) is 17.1 Å². The minimum Gasteiger partial charge on any atom is -0.378 e. The molecule has 3 aromatic rings. The Bertz CT molecular complexity index is 1180. The summed E-state index contributed by atoms with van der Waals surface area (Å²) in [5.74, 6) is -0.121. The number of rotatable bonds is 6. The number of benzene rings is 1. The molecule has 7 nitrogen and oxygen atoms in total. The Balaban J connectivity index is 1.48. The SMILES string of the molecule is CCn1c(SC(C)C(=O)Nc2ccc(N3CCOCC3)cc2)nc2sc(C)c(C)c2c1=O. The van der Waals surface area contributed by atoms with E-state index in [0.717, 1.165) is 52.9 Å². The van der Waals surface area contributed by atoms with E-state index in [1.165, 1.54) is 23.1 Å². The van der Waals surface area contributed by atoms with Gasteiger partial charge in [-0.25, -0.2) is 4.98 Å². The Kier molecular flexibility index (Phi) is 6.88. The van der Waals surface area contributed by atoms with Gasteiger partial charge in [0.05, 0.1) is 23.8 Å². The second-order valence-electron chi connectivity index (χ2n) is 7.80. The van der Waals surface area contributed by atoms with Crippen LogP contribution in [0.5, 0.6) is 0 Å². The van der Waals surface area contributed by atoms with Crippen molar-refractivity contribution >= 4 is 50.6 Å². The molecule has 1 aliphatic heterocycles. The van der Waals surface area contributed by atoms with E-state index in [1.54, 1.807) is 4.57 Å². The van der Waals surface area contributed by atoms with Gasteiger partial charge in [0, 0.05) is 35.9 Å². The summed E-state index contributed by atoms with van der Waals surface area (Å²) in [5, 5.41) is 3.85. The second kappa shape index (κ2) is 9.64. The van der Waals surface area contributed by atoms with Gasteiger partial charge in [-0.05, 0) is 57.5 Å². The number of aromatic nitrogens is 2. The number of anilines is 2. The molecule has 1 atom stereocenters. The molecule has 1 unspecified atom stereocenters. The number of fused-ring (bicyclic) bond motifs is 1. The van der Waals surface area contributed by atoms with Crippen LogP contribution < -0.4 is 15.8 Å². The van der Waals surface area contributed by atoms with Crippen LogP contribution in [0.2, 0.25) is 0 Å². The van der Waals surface area contributed by atoms with Gasteiger partial charge in [-0.15, -0.1) is 11.3 Å². The molecule has 1 N–H and O–H groups in total. The Labute approximate surface area is 195 Å². The van der Waals surface area contributed by atoms with Crippen molar-refractivity contribution in [3.63, 3.8) is 0 Å². The number of nitrogens with one attached hydrogen (secondary N) is 1. The van der Waals surface area contributed by atoms with Crippen molar-refractivity contribution in [1.82, 2.24) is 9.55 Å². The Morgan fingerprint density at radius 3 is 2.59 bits per heavy atom. The summed E-state index contributed by atoms with van der Waals surface area (Å²) in [4.78, 5) is 34.7. The van der Waals surface area contributed by atoms with Crippen LogP contribution in [0.15, 0.2) is 34.2 Å². The monoisotopic (exact) mass is 472 g/mol. The van der Waals surface area contributed by atoms with Crippen molar-refractivity contribution in [2.45, 2.75) is 44.6 Å². The Morgan fingerprint density at radius 1 is 1.25 bits per heavy atom. The summed E-state index contributed by atoms with van der Waals surface area (Å²) in [6, 6.07) is 7.88. The van der Waals surface area contributed by atoms with Crippen LogP contribution >= 0.6 is 23.1 Å². The van der Waals surface area contributed by atoms with Crippen LogP contribution in [-0.2, 0) is 16.1 Å². The van der Waals surface area contributed by atoms with Crippen molar-refractivity contribution in [3.8, 4) is 0 Å². The van der Waals surface area contributed by atoms with E-state index < -0.39 is 5.25 Å². The molecule has 1 aliphatic rings. The third-order valence-corrected chi connectivity index (χ3v) is 7.92. The summed E-state index contributed by atoms with van der Waals surface area (Å²) >= 11 is 2.84. The molecule has 1 fully saturated rings. The smallest absolute Gasteiger partial charge is 0.263 e. The van der Waals surface area contributed by atoms with Gasteiger partial charge >= 0.3 is 0 Å². The van der Waals surface area contributed by atoms with Crippen LogP contribution in [0.1, 0.15) is 24.3 Å². The highest BCUT2D eigenvalue weighted by molar-refractivity contribution is 8.00. The highest BCUT2D eigenvalue weighted by Gasteiger charge is 2.21. The number of hydrogen-bond donors (Lipinski definition) is 1. The highest BCUT2D eigenvalue weighted by atomic mass is 32.2. The lowest BCUT2D eigenvalue weighted by molar-refractivity contribution is -0.115. The number of morpholine rings is 1. The van der Waals surface area contributed by atoms with Crippen molar-refractivity contribution in [1.29, 1.82) is 0 Å². The summed E-state index contributed by atoms with van der Waals surface area (Å²) in [5.41, 5.74) is 2.83. The minimum atomic E-state index is -0.404. The lowest BCUT2D eigenvalue weighted by atomic mass is 10.2. The maximum Gasteiger partial charge on any atom is 0.263 e. The quantitative estimate of drug-likeness (QED) is 0.431. The largest absolute Gasteiger partial charge is 0.378 e. The lowest BCUT2D eigenvalue weighted by Gasteiger charge is -2.28. The van der Waals surface area contributed by atoms with Crippen molar-refractivity contribution in [2.24, 2.45) is 0 Å². The van der Waals surface area contributed by atoms with E-state index in [2.05, 4.69) is 10.2 Å². The summed E-state index contributed by atoms with van der Waals surface area (Å²) in [6.45, 7) is 11.5. The first kappa shape index (κ1) is 22.8. The fourth-order valence-electron chi connectivity index (χ4n) is 3.71. The maximum atomic E-state index is 13.0. The first-order valence-corrected chi connectivity index (χ1v) is 12.5. The average Bonchev–Trinajstić information content (AvgIpc) is 3.08. The molecule has 2 aromatic heterocycles. The zero-order valence-electron chi connectivity index (χ0n) is 18.8. The predicted molar refractivity (Wildman–Crippen MR) is 132 cm³/mol. The third kappa shape index (κ3) is 4.55. The fraction of sp³-hybridized carbons (Fsp3) is 0.435. The Morgan fingerprint density at radius 2 is 1.94 bits per heavy atom. The van der Waals surface area contributed by atoms with Gasteiger partial charge in [-0.2, -0.15) is 0 Å². The van der Waals surface area contributed by atoms with Crippen LogP contribution in [-0.4, -0.2) is 47.0 Å². The van der Waals surface area contributed by atoms with Crippen LogP contribution in [0.4, 0.5) is 11.4 Å². The predicted octanol–water partition coefficient (Wildman–Crippen LogP) is 4.05. The van der Waals surface area contributed by atoms with Gasteiger partial charge < -0.3 is 15.0 Å². The first-order valence-electron chi connectivity index (χ1n) is 10.8. The highest BCUT2D eigenvalue weighted by Crippen LogP contribution is 2.30. The normalized spacial score (nSPS) is 15.2. The Hall–Kier alpha value is -2.36. The molecule has 0 aliphatic carbocycles. The molecule has 3 heterocycles. The molecule has 0 spiro atoms. The molecular formula is C23H28N4O3S2. The fourth-order valence-corrected chi connectivity index (χ4v) is 5.75. The molecular weight excluding hydrogens is 444 g/mol. The van der Waals surface area contributed by atoms with Gasteiger partial charge in [-0.1, -0.05) is 11.8 Å². The molecule has 4 rings (SSSR count). The molecule has 0 radical (unpaired) electrons. The second-order valence-corrected chi connectivity index (χ2v) is 10.3. The molecule has 9 heteroatoms. The lowest BCUT2D eigenvalue weighted by Crippen LogP contribution is -2.36. The zero-order chi connectivity index (χ0) is 22.8. The van der Waals surface area contributed by atoms with Gasteiger partial charge in [0.2, 0.25) is 5.91 Å². The van der Waals surface area contributed by atoms with E-state index in [9.17, 15) is 9.59 Å². The summed E-state index contributed by atoms with van der Waals surface area (Å²) < 4.78 is 7.06. The molecule has 1 aromatic carbocycles. The molecule has 1 saturated heterocycles. The van der Waals surface area contributed by atoms with Gasteiger partial charge in [0.15, 0.2) is 5.16 Å². The standard InChI is InChI=1S/C23H28N4O3S2/c1-5-27-22(29)19-14(2)15(3)31-21(19)25-23(27)32-16(4)20(28)24-17-6-8-18(9-7-17)26-10-12-30-13-11-26/h6-9,16H,5,10-13H2,1-4H3,(H,24,28). The number of nitrogens with zero attached hydrogens (tertiary/aromatic N) is 3. The van der Waals surface area contributed by atoms with Crippen LogP contribution in [0.3, 0.4) is 0 Å². The molecule has 0 saturated carbocycles. The number of hydrogen-bond acceptors (Lipinski definition) is 7. The number of carbonyl (C=O) groups excluding carboxylic acids is 1. The zero-order valence-corrected chi connectivity index (χ0v) is 20.4. The molecule has 170 valence electrons. The van der Waals surface area contributed by atoms with Crippen molar-refractivity contribution in [2.75, 3.05) is 36.5 Å². The number of carbonyl (C=O) groups is 1. The number of thioether (sulfide) groups is 1. The molecule has 1 amide bonds. The molecule has 32 heavy (non-hydrogen) atoms. The number of ether oxygens (including phenoxy) is 1. The number of amides is 1. The van der Waals surface area contributed by atoms with Gasteiger partial charge in [0.25, 0.3) is 5.56 Å². The minimum absolute atomic E-state index is 0.0341. The van der Waals surface area contributed by atoms with Gasteiger partial charge in [0.1, 0.15) is 4.83 Å². The van der Waals surface area contributed by atoms with E-state index in [-0.39, 0.29) is 11.5 Å². The van der Waals surface area contributed by atoms with Crippen LogP contribution in [0, 0.1) is 13.8 Å². The van der Waals surface area contributed by atoms with E-state index in [1.807, 2.05) is 52.0 Å². The van der Waals surface area contributed by atoms with E-state index in [4.69, 9.17) is 9.72 Å².